The van der Waals surface area contributed by atoms with Gasteiger partial charge in [-0.25, -0.2) is 4.79 Å². The minimum absolute atomic E-state index is 0.121. The Labute approximate surface area is 84.4 Å². The summed E-state index contributed by atoms with van der Waals surface area (Å²) in [5.74, 6) is -1.43. The lowest BCUT2D eigenvalue weighted by Crippen LogP contribution is -2.09. The third-order valence-electron chi connectivity index (χ3n) is 2.06. The summed E-state index contributed by atoms with van der Waals surface area (Å²) in [5, 5.41) is 19.4. The predicted molar refractivity (Wildman–Crippen MR) is 53.6 cm³/mol. The van der Waals surface area contributed by atoms with Crippen LogP contribution in [0, 0.1) is 17.0 Å². The Morgan fingerprint density at radius 1 is 1.53 bits per heavy atom. The minimum atomic E-state index is -1.43. The number of nitrogens with zero attached hydrogens (tertiary/aromatic N) is 1. The third-order valence-corrected chi connectivity index (χ3v) is 2.06. The number of carbonyl (C=O) groups is 1. The molecule has 5 N–H and O–H groups in total. The summed E-state index contributed by atoms with van der Waals surface area (Å²) in [6, 6.07) is 1.03. The van der Waals surface area contributed by atoms with Gasteiger partial charge in [0, 0.05) is 11.3 Å². The molecule has 1 aromatic rings. The molecular formula is C8H9N3O4. The summed E-state index contributed by atoms with van der Waals surface area (Å²) < 4.78 is 0. The van der Waals surface area contributed by atoms with Crippen LogP contribution in [0.1, 0.15) is 15.9 Å². The second-order valence-electron chi connectivity index (χ2n) is 2.96. The Bertz CT molecular complexity index is 456. The van der Waals surface area contributed by atoms with Gasteiger partial charge in [-0.3, -0.25) is 10.1 Å². The van der Waals surface area contributed by atoms with Gasteiger partial charge in [-0.15, -0.1) is 0 Å². The molecule has 0 heterocycles. The summed E-state index contributed by atoms with van der Waals surface area (Å²) >= 11 is 0. The second-order valence-corrected chi connectivity index (χ2v) is 2.96. The Balaban J connectivity index is 3.65. The summed E-state index contributed by atoms with van der Waals surface area (Å²) in [6.07, 6.45) is 0. The highest BCUT2D eigenvalue weighted by molar-refractivity contribution is 5.97. The molecule has 0 spiro atoms. The molecule has 0 saturated carbocycles. The van der Waals surface area contributed by atoms with Gasteiger partial charge in [-0.2, -0.15) is 0 Å². The van der Waals surface area contributed by atoms with Crippen molar-refractivity contribution in [2.24, 2.45) is 0 Å². The van der Waals surface area contributed by atoms with Crippen molar-refractivity contribution < 1.29 is 14.8 Å². The van der Waals surface area contributed by atoms with Crippen molar-refractivity contribution in [3.63, 3.8) is 0 Å². The average molecular weight is 211 g/mol. The molecule has 7 nitrogen and oxygen atoms in total. The van der Waals surface area contributed by atoms with Crippen molar-refractivity contribution in [3.8, 4) is 0 Å². The first kappa shape index (κ1) is 10.8. The van der Waals surface area contributed by atoms with Gasteiger partial charge in [0.1, 0.15) is 11.3 Å². The number of nitro benzene ring substituents is 1. The highest BCUT2D eigenvalue weighted by Crippen LogP contribution is 2.33. The average Bonchev–Trinajstić information content (AvgIpc) is 2.12. The number of hydrogen-bond donors (Lipinski definition) is 3. The lowest BCUT2D eigenvalue weighted by molar-refractivity contribution is -0.384. The van der Waals surface area contributed by atoms with E-state index in [9.17, 15) is 14.9 Å². The number of nitrogen functional groups attached to an aromatic ring is 2. The Kier molecular flexibility index (Phi) is 2.47. The van der Waals surface area contributed by atoms with Crippen LogP contribution in [-0.4, -0.2) is 16.0 Å². The third kappa shape index (κ3) is 1.66. The van der Waals surface area contributed by atoms with E-state index in [4.69, 9.17) is 16.6 Å². The van der Waals surface area contributed by atoms with Crippen LogP contribution >= 0.6 is 0 Å². The van der Waals surface area contributed by atoms with Crippen LogP contribution in [0.3, 0.4) is 0 Å². The Hall–Kier alpha value is -2.31. The topological polar surface area (TPSA) is 132 Å². The van der Waals surface area contributed by atoms with Crippen LogP contribution in [0.5, 0.6) is 0 Å². The van der Waals surface area contributed by atoms with E-state index in [2.05, 4.69) is 0 Å². The molecule has 0 bridgehead atoms. The number of anilines is 2. The van der Waals surface area contributed by atoms with Crippen LogP contribution in [0.25, 0.3) is 0 Å². The zero-order valence-electron chi connectivity index (χ0n) is 7.85. The smallest absolute Gasteiger partial charge is 0.342 e. The summed E-state index contributed by atoms with van der Waals surface area (Å²) in [7, 11) is 0. The van der Waals surface area contributed by atoms with Crippen molar-refractivity contribution in [1.82, 2.24) is 0 Å². The van der Waals surface area contributed by atoms with Crippen molar-refractivity contribution in [2.45, 2.75) is 6.92 Å². The Morgan fingerprint density at radius 2 is 2.07 bits per heavy atom. The molecule has 0 radical (unpaired) electrons. The maximum Gasteiger partial charge on any atom is 0.342 e. The van der Waals surface area contributed by atoms with E-state index in [1.807, 2.05) is 0 Å². The molecule has 15 heavy (non-hydrogen) atoms. The molecule has 7 heteroatoms. The molecule has 0 amide bonds. The molecule has 0 saturated heterocycles. The molecular weight excluding hydrogens is 202 g/mol. The van der Waals surface area contributed by atoms with E-state index >= 15 is 0 Å². The standard InChI is InChI=1S/C8H9N3O4/c1-3-5(9)2-4(8(12)13)7(6(3)10)11(14)15/h2H,9-10H2,1H3,(H,12,13). The fourth-order valence-electron chi connectivity index (χ4n) is 1.17. The van der Waals surface area contributed by atoms with Crippen LogP contribution < -0.4 is 11.5 Å². The summed E-state index contributed by atoms with van der Waals surface area (Å²) in [4.78, 5) is 20.5. The summed E-state index contributed by atoms with van der Waals surface area (Å²) in [6.45, 7) is 1.49. The van der Waals surface area contributed by atoms with E-state index in [-0.39, 0.29) is 11.4 Å². The van der Waals surface area contributed by atoms with Crippen LogP contribution in [0.2, 0.25) is 0 Å². The van der Waals surface area contributed by atoms with E-state index < -0.39 is 22.1 Å². The largest absolute Gasteiger partial charge is 0.477 e. The zero-order chi connectivity index (χ0) is 11.7. The predicted octanol–water partition coefficient (Wildman–Crippen LogP) is 0.766. The lowest BCUT2D eigenvalue weighted by atomic mass is 10.1. The maximum atomic E-state index is 10.7. The summed E-state index contributed by atoms with van der Waals surface area (Å²) in [5.41, 5.74) is 10.0. The van der Waals surface area contributed by atoms with Crippen molar-refractivity contribution in [3.05, 3.63) is 27.3 Å². The highest BCUT2D eigenvalue weighted by Gasteiger charge is 2.25. The first-order valence-corrected chi connectivity index (χ1v) is 3.92. The van der Waals surface area contributed by atoms with Crippen molar-refractivity contribution in [2.75, 3.05) is 11.5 Å². The molecule has 1 aromatic carbocycles. The number of carboxylic acids is 1. The number of nitrogens with two attached hydrogens (primary N) is 2. The van der Waals surface area contributed by atoms with Gasteiger partial charge in [0.25, 0.3) is 0 Å². The van der Waals surface area contributed by atoms with Gasteiger partial charge >= 0.3 is 11.7 Å². The van der Waals surface area contributed by atoms with E-state index in [1.165, 1.54) is 6.92 Å². The molecule has 0 unspecified atom stereocenters. The molecule has 0 aliphatic carbocycles. The minimum Gasteiger partial charge on any atom is -0.477 e. The highest BCUT2D eigenvalue weighted by atomic mass is 16.6. The molecule has 0 atom stereocenters. The van der Waals surface area contributed by atoms with Crippen LogP contribution in [0.15, 0.2) is 6.07 Å². The zero-order valence-corrected chi connectivity index (χ0v) is 7.85. The number of carboxylic acid groups (broad SMARTS) is 1. The number of benzene rings is 1. The molecule has 1 rings (SSSR count). The van der Waals surface area contributed by atoms with E-state index in [0.29, 0.717) is 5.56 Å². The second kappa shape index (κ2) is 3.45. The van der Waals surface area contributed by atoms with Crippen molar-refractivity contribution in [1.29, 1.82) is 0 Å². The number of hydrogen-bond acceptors (Lipinski definition) is 5. The van der Waals surface area contributed by atoms with Gasteiger partial charge in [0.15, 0.2) is 0 Å². The molecule has 0 aliphatic heterocycles. The van der Waals surface area contributed by atoms with Crippen LogP contribution in [-0.2, 0) is 0 Å². The SMILES string of the molecule is Cc1c(N)cc(C(=O)O)c([N+](=O)[O-])c1N. The monoisotopic (exact) mass is 211 g/mol. The first-order valence-electron chi connectivity index (χ1n) is 3.92. The van der Waals surface area contributed by atoms with E-state index in [1.54, 1.807) is 0 Å². The van der Waals surface area contributed by atoms with Gasteiger partial charge in [-0.1, -0.05) is 0 Å². The number of nitro groups is 1. The fraction of sp³-hybridized carbons (Fsp3) is 0.125. The normalized spacial score (nSPS) is 9.93. The fourth-order valence-corrected chi connectivity index (χ4v) is 1.17. The number of aromatic carboxylic acids is 1. The van der Waals surface area contributed by atoms with Crippen molar-refractivity contribution >= 4 is 23.0 Å². The quantitative estimate of drug-likeness (QED) is 0.376. The molecule has 0 aromatic heterocycles. The van der Waals surface area contributed by atoms with Gasteiger partial charge in [-0.05, 0) is 13.0 Å². The lowest BCUT2D eigenvalue weighted by Gasteiger charge is -2.07. The first-order chi connectivity index (χ1) is 6.86. The molecule has 80 valence electrons. The number of rotatable bonds is 2. The Morgan fingerprint density at radius 3 is 2.47 bits per heavy atom. The van der Waals surface area contributed by atoms with Gasteiger partial charge in [0.05, 0.1) is 4.92 Å². The van der Waals surface area contributed by atoms with Crippen LogP contribution in [0.4, 0.5) is 17.1 Å². The van der Waals surface area contributed by atoms with Gasteiger partial charge < -0.3 is 16.6 Å². The molecule has 0 fully saturated rings. The van der Waals surface area contributed by atoms with Gasteiger partial charge in [0.2, 0.25) is 0 Å². The molecule has 0 aliphatic rings. The van der Waals surface area contributed by atoms with E-state index in [0.717, 1.165) is 6.07 Å². The maximum absolute atomic E-state index is 10.7.